The Morgan fingerprint density at radius 3 is 1.96 bits per heavy atom. The van der Waals surface area contributed by atoms with E-state index in [2.05, 4.69) is 10.0 Å². The SMILES string of the molecule is CC(C)[C@@H](NS(=O)(=O)c1ccccc1)C(=O)Nc1ccccc1. The van der Waals surface area contributed by atoms with Gasteiger partial charge in [-0.25, -0.2) is 8.42 Å². The smallest absolute Gasteiger partial charge is 0.242 e. The minimum absolute atomic E-state index is 0.137. The van der Waals surface area contributed by atoms with Gasteiger partial charge >= 0.3 is 0 Å². The first-order chi connectivity index (χ1) is 10.9. The van der Waals surface area contributed by atoms with Gasteiger partial charge in [0, 0.05) is 5.69 Å². The van der Waals surface area contributed by atoms with Crippen LogP contribution >= 0.6 is 0 Å². The fourth-order valence-corrected chi connectivity index (χ4v) is 3.43. The average molecular weight is 332 g/mol. The van der Waals surface area contributed by atoms with Crippen molar-refractivity contribution in [1.82, 2.24) is 4.72 Å². The molecule has 0 saturated carbocycles. The molecule has 6 heteroatoms. The monoisotopic (exact) mass is 332 g/mol. The first-order valence-electron chi connectivity index (χ1n) is 7.33. The van der Waals surface area contributed by atoms with Gasteiger partial charge in [-0.2, -0.15) is 4.72 Å². The molecule has 23 heavy (non-hydrogen) atoms. The second-order valence-corrected chi connectivity index (χ2v) is 7.23. The highest BCUT2D eigenvalue weighted by atomic mass is 32.2. The first-order valence-corrected chi connectivity index (χ1v) is 8.82. The molecule has 0 fully saturated rings. The van der Waals surface area contributed by atoms with Crippen LogP contribution in [0.3, 0.4) is 0 Å². The van der Waals surface area contributed by atoms with E-state index >= 15 is 0 Å². The van der Waals surface area contributed by atoms with E-state index in [1.807, 2.05) is 6.07 Å². The largest absolute Gasteiger partial charge is 0.325 e. The van der Waals surface area contributed by atoms with E-state index < -0.39 is 16.1 Å². The molecule has 0 radical (unpaired) electrons. The zero-order valence-corrected chi connectivity index (χ0v) is 13.9. The molecule has 1 atom stereocenters. The molecule has 0 unspecified atom stereocenters. The lowest BCUT2D eigenvalue weighted by Gasteiger charge is -2.21. The second kappa shape index (κ2) is 7.39. The summed E-state index contributed by atoms with van der Waals surface area (Å²) in [5.41, 5.74) is 0.627. The predicted octanol–water partition coefficient (Wildman–Crippen LogP) is 2.63. The Bertz CT molecular complexity index is 744. The van der Waals surface area contributed by atoms with Crippen LogP contribution in [0.5, 0.6) is 0 Å². The number of nitrogens with one attached hydrogen (secondary N) is 2. The van der Waals surface area contributed by atoms with E-state index in [9.17, 15) is 13.2 Å². The lowest BCUT2D eigenvalue weighted by Crippen LogP contribution is -2.46. The first kappa shape index (κ1) is 17.2. The molecule has 0 spiro atoms. The van der Waals surface area contributed by atoms with Crippen LogP contribution in [0, 0.1) is 5.92 Å². The third kappa shape index (κ3) is 4.64. The third-order valence-electron chi connectivity index (χ3n) is 3.33. The van der Waals surface area contributed by atoms with Crippen LogP contribution in [0.1, 0.15) is 13.8 Å². The lowest BCUT2D eigenvalue weighted by molar-refractivity contribution is -0.118. The Morgan fingerprint density at radius 1 is 0.913 bits per heavy atom. The summed E-state index contributed by atoms with van der Waals surface area (Å²) in [5.74, 6) is -0.581. The van der Waals surface area contributed by atoms with Gasteiger partial charge < -0.3 is 5.32 Å². The summed E-state index contributed by atoms with van der Waals surface area (Å²) >= 11 is 0. The highest BCUT2D eigenvalue weighted by molar-refractivity contribution is 7.89. The van der Waals surface area contributed by atoms with Crippen LogP contribution < -0.4 is 10.0 Å². The lowest BCUT2D eigenvalue weighted by atomic mass is 10.0. The van der Waals surface area contributed by atoms with Gasteiger partial charge in [-0.15, -0.1) is 0 Å². The number of sulfonamides is 1. The Labute approximate surface area is 136 Å². The van der Waals surface area contributed by atoms with Gasteiger partial charge in [-0.1, -0.05) is 50.2 Å². The molecule has 0 aliphatic heterocycles. The average Bonchev–Trinajstić information content (AvgIpc) is 2.54. The van der Waals surface area contributed by atoms with Gasteiger partial charge in [0.2, 0.25) is 15.9 Å². The number of hydrogen-bond acceptors (Lipinski definition) is 3. The molecule has 2 aromatic carbocycles. The van der Waals surface area contributed by atoms with Crippen molar-refractivity contribution < 1.29 is 13.2 Å². The number of anilines is 1. The van der Waals surface area contributed by atoms with Gasteiger partial charge in [0.25, 0.3) is 0 Å². The molecule has 2 N–H and O–H groups in total. The maximum absolute atomic E-state index is 12.4. The number of benzene rings is 2. The molecule has 0 aromatic heterocycles. The van der Waals surface area contributed by atoms with Crippen molar-refractivity contribution in [2.75, 3.05) is 5.32 Å². The van der Waals surface area contributed by atoms with Crippen molar-refractivity contribution in [2.24, 2.45) is 5.92 Å². The van der Waals surface area contributed by atoms with Crippen molar-refractivity contribution in [2.45, 2.75) is 24.8 Å². The number of para-hydroxylation sites is 1. The maximum Gasteiger partial charge on any atom is 0.242 e. The highest BCUT2D eigenvalue weighted by Gasteiger charge is 2.28. The van der Waals surface area contributed by atoms with Crippen LogP contribution in [0.4, 0.5) is 5.69 Å². The molecular formula is C17H20N2O3S. The number of rotatable bonds is 6. The fraction of sp³-hybridized carbons (Fsp3) is 0.235. The fourth-order valence-electron chi connectivity index (χ4n) is 2.07. The molecule has 122 valence electrons. The minimum atomic E-state index is -3.75. The molecule has 0 bridgehead atoms. The molecule has 0 aliphatic carbocycles. The Kier molecular flexibility index (Phi) is 5.52. The van der Waals surface area contributed by atoms with Crippen LogP contribution in [0.15, 0.2) is 65.6 Å². The van der Waals surface area contributed by atoms with E-state index in [0.717, 1.165) is 0 Å². The van der Waals surface area contributed by atoms with E-state index in [-0.39, 0.29) is 16.7 Å². The summed E-state index contributed by atoms with van der Waals surface area (Å²) in [6, 6.07) is 16.1. The van der Waals surface area contributed by atoms with E-state index in [4.69, 9.17) is 0 Å². The second-order valence-electron chi connectivity index (χ2n) is 5.51. The third-order valence-corrected chi connectivity index (χ3v) is 4.78. The molecule has 0 saturated heterocycles. The standard InChI is InChI=1S/C17H20N2O3S/c1-13(2)16(17(20)18-14-9-5-3-6-10-14)19-23(21,22)15-11-7-4-8-12-15/h3-13,16,19H,1-2H3,(H,18,20)/t16-/m1/s1. The zero-order chi connectivity index (χ0) is 16.9. The molecule has 0 heterocycles. The van der Waals surface area contributed by atoms with Crippen molar-refractivity contribution >= 4 is 21.6 Å². The number of hydrogen-bond donors (Lipinski definition) is 2. The Morgan fingerprint density at radius 2 is 1.43 bits per heavy atom. The van der Waals surface area contributed by atoms with Gasteiger partial charge in [-0.05, 0) is 30.2 Å². The van der Waals surface area contributed by atoms with E-state index in [0.29, 0.717) is 5.69 Å². The highest BCUT2D eigenvalue weighted by Crippen LogP contribution is 2.13. The summed E-state index contributed by atoms with van der Waals surface area (Å²) in [6.45, 7) is 3.59. The van der Waals surface area contributed by atoms with Gasteiger partial charge in [0.1, 0.15) is 6.04 Å². The van der Waals surface area contributed by atoms with Gasteiger partial charge in [-0.3, -0.25) is 4.79 Å². The molecule has 5 nitrogen and oxygen atoms in total. The molecule has 2 aromatic rings. The minimum Gasteiger partial charge on any atom is -0.325 e. The van der Waals surface area contributed by atoms with E-state index in [1.165, 1.54) is 12.1 Å². The quantitative estimate of drug-likeness (QED) is 0.854. The molecular weight excluding hydrogens is 312 g/mol. The van der Waals surface area contributed by atoms with Crippen LogP contribution in [0.2, 0.25) is 0 Å². The van der Waals surface area contributed by atoms with Crippen molar-refractivity contribution in [1.29, 1.82) is 0 Å². The maximum atomic E-state index is 12.4. The molecule has 1 amide bonds. The summed E-state index contributed by atoms with van der Waals surface area (Å²) in [6.07, 6.45) is 0. The number of amides is 1. The van der Waals surface area contributed by atoms with Crippen LogP contribution in [0.25, 0.3) is 0 Å². The predicted molar refractivity (Wildman–Crippen MR) is 90.5 cm³/mol. The summed E-state index contributed by atoms with van der Waals surface area (Å²) in [7, 11) is -3.75. The van der Waals surface area contributed by atoms with Crippen molar-refractivity contribution in [3.05, 3.63) is 60.7 Å². The number of carbonyl (C=O) groups excluding carboxylic acids is 1. The summed E-state index contributed by atoms with van der Waals surface area (Å²) < 4.78 is 27.3. The Balaban J connectivity index is 2.17. The van der Waals surface area contributed by atoms with Crippen LogP contribution in [-0.4, -0.2) is 20.4 Å². The van der Waals surface area contributed by atoms with Gasteiger partial charge in [0.05, 0.1) is 4.90 Å². The summed E-state index contributed by atoms with van der Waals surface area (Å²) in [4.78, 5) is 12.6. The topological polar surface area (TPSA) is 75.3 Å². The van der Waals surface area contributed by atoms with Crippen molar-refractivity contribution in [3.8, 4) is 0 Å². The molecule has 0 aliphatic rings. The van der Waals surface area contributed by atoms with Gasteiger partial charge in [0.15, 0.2) is 0 Å². The van der Waals surface area contributed by atoms with Crippen LogP contribution in [-0.2, 0) is 14.8 Å². The number of carbonyl (C=O) groups is 1. The van der Waals surface area contributed by atoms with E-state index in [1.54, 1.807) is 56.3 Å². The Hall–Kier alpha value is -2.18. The molecule has 2 rings (SSSR count). The summed E-state index contributed by atoms with van der Waals surface area (Å²) in [5, 5.41) is 2.73. The van der Waals surface area contributed by atoms with Crippen molar-refractivity contribution in [3.63, 3.8) is 0 Å². The zero-order valence-electron chi connectivity index (χ0n) is 13.1. The normalized spacial score (nSPS) is 12.8.